The van der Waals surface area contributed by atoms with Crippen LogP contribution in [0.25, 0.3) is 11.5 Å². The van der Waals surface area contributed by atoms with Gasteiger partial charge >= 0.3 is 6.18 Å². The third kappa shape index (κ3) is 4.34. The van der Waals surface area contributed by atoms with E-state index in [1.807, 2.05) is 0 Å². The van der Waals surface area contributed by atoms with Crippen molar-refractivity contribution in [2.24, 2.45) is 0 Å². The topological polar surface area (TPSA) is 93.6 Å². The lowest BCUT2D eigenvalue weighted by Crippen LogP contribution is -2.17. The van der Waals surface area contributed by atoms with Crippen molar-refractivity contribution >= 4 is 23.5 Å². The van der Waals surface area contributed by atoms with E-state index in [1.54, 1.807) is 31.3 Å². The fraction of sp³-hybridized carbons (Fsp3) is 0.125. The number of amides is 1. The molecule has 3 rings (SSSR count). The molecule has 0 fully saturated rings. The molecule has 27 heavy (non-hydrogen) atoms. The average Bonchev–Trinajstić information content (AvgIpc) is 2.61. The molecule has 3 aromatic rings. The first-order chi connectivity index (χ1) is 12.7. The van der Waals surface area contributed by atoms with Gasteiger partial charge in [-0.2, -0.15) is 23.1 Å². The Bertz CT molecular complexity index is 997. The number of alkyl halides is 3. The molecule has 138 valence electrons. The molecule has 0 radical (unpaired) electrons. The molecule has 0 aliphatic heterocycles. The molecular weight excluding hydrogens is 385 g/mol. The second-order valence-electron chi connectivity index (χ2n) is 5.23. The number of nitrogens with zero attached hydrogens (tertiary/aromatic N) is 5. The molecule has 0 bridgehead atoms. The molecule has 3 heterocycles. The summed E-state index contributed by atoms with van der Waals surface area (Å²) < 4.78 is 37.9. The van der Waals surface area contributed by atoms with Crippen LogP contribution in [0.2, 0.25) is 5.15 Å². The maximum absolute atomic E-state index is 12.6. The summed E-state index contributed by atoms with van der Waals surface area (Å²) >= 11 is 5.72. The van der Waals surface area contributed by atoms with Crippen LogP contribution >= 0.6 is 11.6 Å². The van der Waals surface area contributed by atoms with Crippen molar-refractivity contribution in [3.8, 4) is 11.5 Å². The fourth-order valence-electron chi connectivity index (χ4n) is 2.08. The van der Waals surface area contributed by atoms with Crippen LogP contribution in [0.1, 0.15) is 21.9 Å². The van der Waals surface area contributed by atoms with Gasteiger partial charge in [0.1, 0.15) is 22.4 Å². The van der Waals surface area contributed by atoms with Crippen LogP contribution in [0.4, 0.5) is 19.1 Å². The number of hydrogen-bond acceptors (Lipinski definition) is 6. The first kappa shape index (κ1) is 18.6. The van der Waals surface area contributed by atoms with Crippen LogP contribution < -0.4 is 5.32 Å². The number of halogens is 4. The maximum atomic E-state index is 12.6. The highest BCUT2D eigenvalue weighted by atomic mass is 35.5. The van der Waals surface area contributed by atoms with E-state index in [1.165, 1.54) is 0 Å². The summed E-state index contributed by atoms with van der Waals surface area (Å²) in [5, 5.41) is 1.79. The Balaban J connectivity index is 1.87. The molecule has 0 aromatic carbocycles. The molecule has 0 unspecified atom stereocenters. The van der Waals surface area contributed by atoms with Gasteiger partial charge in [-0.3, -0.25) is 15.1 Å². The molecular formula is C16H10ClF3N6O. The summed E-state index contributed by atoms with van der Waals surface area (Å²) in [4.78, 5) is 31.9. The molecule has 0 aliphatic carbocycles. The fourth-order valence-corrected chi connectivity index (χ4v) is 2.32. The molecule has 1 N–H and O–H groups in total. The quantitative estimate of drug-likeness (QED) is 0.683. The number of carbonyl (C=O) groups is 1. The molecule has 0 saturated carbocycles. The lowest BCUT2D eigenvalue weighted by atomic mass is 10.2. The van der Waals surface area contributed by atoms with Gasteiger partial charge in [0.2, 0.25) is 5.95 Å². The number of aromatic nitrogens is 5. The third-order valence-corrected chi connectivity index (χ3v) is 3.54. The number of rotatable bonds is 3. The number of carbonyl (C=O) groups excluding carboxylic acids is 1. The van der Waals surface area contributed by atoms with E-state index in [0.717, 1.165) is 6.07 Å². The Morgan fingerprint density at radius 2 is 1.85 bits per heavy atom. The van der Waals surface area contributed by atoms with Gasteiger partial charge in [-0.05, 0) is 31.2 Å². The highest BCUT2D eigenvalue weighted by Crippen LogP contribution is 2.29. The van der Waals surface area contributed by atoms with Gasteiger partial charge in [-0.1, -0.05) is 17.7 Å². The number of hydrogen-bond donors (Lipinski definition) is 1. The van der Waals surface area contributed by atoms with E-state index in [-0.39, 0.29) is 17.3 Å². The lowest BCUT2D eigenvalue weighted by Gasteiger charge is -2.09. The number of pyridine rings is 2. The van der Waals surface area contributed by atoms with Crippen LogP contribution in [-0.4, -0.2) is 30.8 Å². The Labute approximate surface area is 155 Å². The van der Waals surface area contributed by atoms with Gasteiger partial charge < -0.3 is 0 Å². The highest BCUT2D eigenvalue weighted by Gasteiger charge is 2.33. The predicted octanol–water partition coefficient (Wildman–Crippen LogP) is 3.56. The summed E-state index contributed by atoms with van der Waals surface area (Å²) in [6.07, 6.45) is -3.11. The first-order valence-electron chi connectivity index (χ1n) is 7.43. The zero-order valence-corrected chi connectivity index (χ0v) is 14.4. The van der Waals surface area contributed by atoms with E-state index in [4.69, 9.17) is 11.6 Å². The summed E-state index contributed by atoms with van der Waals surface area (Å²) in [7, 11) is 0. The van der Waals surface area contributed by atoms with E-state index in [2.05, 4.69) is 30.2 Å². The van der Waals surface area contributed by atoms with Crippen LogP contribution in [0, 0.1) is 6.92 Å². The van der Waals surface area contributed by atoms with Crippen molar-refractivity contribution < 1.29 is 18.0 Å². The normalized spacial score (nSPS) is 11.3. The van der Waals surface area contributed by atoms with Crippen LogP contribution in [-0.2, 0) is 6.18 Å². The van der Waals surface area contributed by atoms with Gasteiger partial charge in [-0.15, -0.1) is 0 Å². The zero-order chi connectivity index (χ0) is 19.6. The minimum Gasteiger partial charge on any atom is -0.290 e. The Kier molecular flexibility index (Phi) is 5.00. The van der Waals surface area contributed by atoms with Gasteiger partial charge in [-0.25, -0.2) is 9.97 Å². The van der Waals surface area contributed by atoms with Gasteiger partial charge in [0.05, 0.1) is 5.56 Å². The van der Waals surface area contributed by atoms with E-state index in [0.29, 0.717) is 17.6 Å². The Hall–Kier alpha value is -3.14. The van der Waals surface area contributed by atoms with Crippen molar-refractivity contribution in [2.75, 3.05) is 5.32 Å². The average molecular weight is 395 g/mol. The summed E-state index contributed by atoms with van der Waals surface area (Å²) in [6.45, 7) is 1.59. The third-order valence-electron chi connectivity index (χ3n) is 3.25. The van der Waals surface area contributed by atoms with Crippen molar-refractivity contribution in [1.82, 2.24) is 24.9 Å². The summed E-state index contributed by atoms with van der Waals surface area (Å²) in [5.41, 5.74) is -0.979. The second kappa shape index (κ2) is 7.23. The Morgan fingerprint density at radius 3 is 2.48 bits per heavy atom. The molecule has 0 saturated heterocycles. The SMILES string of the molecule is Cc1nc(NC(=O)c2ccc(C(F)(F)F)nc2Cl)nc(-c2ccccn2)n1. The van der Waals surface area contributed by atoms with Crippen LogP contribution in [0.5, 0.6) is 0 Å². The number of nitrogens with one attached hydrogen (secondary N) is 1. The van der Waals surface area contributed by atoms with E-state index >= 15 is 0 Å². The monoisotopic (exact) mass is 394 g/mol. The molecule has 11 heteroatoms. The highest BCUT2D eigenvalue weighted by molar-refractivity contribution is 6.33. The predicted molar refractivity (Wildman–Crippen MR) is 90.0 cm³/mol. The van der Waals surface area contributed by atoms with Crippen molar-refractivity contribution in [3.63, 3.8) is 0 Å². The molecule has 0 atom stereocenters. The lowest BCUT2D eigenvalue weighted by molar-refractivity contribution is -0.141. The van der Waals surface area contributed by atoms with Crippen molar-refractivity contribution in [1.29, 1.82) is 0 Å². The molecule has 0 aliphatic rings. The van der Waals surface area contributed by atoms with Gasteiger partial charge in [0, 0.05) is 6.20 Å². The molecule has 0 spiro atoms. The minimum absolute atomic E-state index is 0.0934. The van der Waals surface area contributed by atoms with Crippen molar-refractivity contribution in [3.05, 3.63) is 58.8 Å². The zero-order valence-electron chi connectivity index (χ0n) is 13.6. The standard InChI is InChI=1S/C16H10ClF3N6O/c1-8-22-13(10-4-2-3-7-21-10)25-15(23-8)26-14(27)9-5-6-11(16(18,19)20)24-12(9)17/h2-7H,1H3,(H,22,23,25,26,27). The number of aryl methyl sites for hydroxylation is 1. The van der Waals surface area contributed by atoms with Gasteiger partial charge in [0.25, 0.3) is 5.91 Å². The van der Waals surface area contributed by atoms with E-state index in [9.17, 15) is 18.0 Å². The first-order valence-corrected chi connectivity index (χ1v) is 7.81. The molecule has 7 nitrogen and oxygen atoms in total. The summed E-state index contributed by atoms with van der Waals surface area (Å²) in [5.74, 6) is -0.351. The minimum atomic E-state index is -4.67. The molecule has 1 amide bonds. The van der Waals surface area contributed by atoms with Gasteiger partial charge in [0.15, 0.2) is 5.82 Å². The smallest absolute Gasteiger partial charge is 0.290 e. The maximum Gasteiger partial charge on any atom is 0.433 e. The van der Waals surface area contributed by atoms with E-state index < -0.39 is 22.9 Å². The largest absolute Gasteiger partial charge is 0.433 e. The summed E-state index contributed by atoms with van der Waals surface area (Å²) in [6, 6.07) is 6.74. The number of anilines is 1. The molecule has 3 aromatic heterocycles. The Morgan fingerprint density at radius 1 is 1.07 bits per heavy atom. The van der Waals surface area contributed by atoms with Crippen molar-refractivity contribution in [2.45, 2.75) is 13.1 Å². The van der Waals surface area contributed by atoms with Crippen LogP contribution in [0.3, 0.4) is 0 Å². The second-order valence-corrected chi connectivity index (χ2v) is 5.59. The van der Waals surface area contributed by atoms with Crippen LogP contribution in [0.15, 0.2) is 36.5 Å².